The van der Waals surface area contributed by atoms with Crippen LogP contribution in [0.3, 0.4) is 0 Å². The molecule has 1 aromatic carbocycles. The molecule has 2 rings (SSSR count). The van der Waals surface area contributed by atoms with Crippen molar-refractivity contribution < 1.29 is 9.13 Å². The highest BCUT2D eigenvalue weighted by Gasteiger charge is 2.19. The van der Waals surface area contributed by atoms with Crippen LogP contribution in [-0.4, -0.2) is 12.1 Å². The molecule has 2 nitrogen and oxygen atoms in total. The summed E-state index contributed by atoms with van der Waals surface area (Å²) in [6, 6.07) is 5.24. The average Bonchev–Trinajstić information content (AvgIpc) is 2.32. The number of rotatable bonds is 3. The Morgan fingerprint density at radius 2 is 2.00 bits per heavy atom. The first-order chi connectivity index (χ1) is 8.15. The van der Waals surface area contributed by atoms with Gasteiger partial charge in [0, 0.05) is 16.1 Å². The molecule has 0 aliphatic heterocycles. The molecule has 1 fully saturated rings. The fourth-order valence-electron chi connectivity index (χ4n) is 2.12. The number of ether oxygens (including phenoxy) is 1. The molecule has 0 amide bonds. The SMILES string of the molecule is NC1CCC(OCc2cc(Br)ccc2F)CC1. The second-order valence-corrected chi connectivity index (χ2v) is 5.50. The van der Waals surface area contributed by atoms with Gasteiger partial charge in [-0.25, -0.2) is 4.39 Å². The summed E-state index contributed by atoms with van der Waals surface area (Å²) in [7, 11) is 0. The molecular formula is C13H17BrFNO. The molecule has 0 bridgehead atoms. The van der Waals surface area contributed by atoms with E-state index >= 15 is 0 Å². The van der Waals surface area contributed by atoms with Crippen LogP contribution in [0, 0.1) is 5.82 Å². The highest BCUT2D eigenvalue weighted by atomic mass is 79.9. The summed E-state index contributed by atoms with van der Waals surface area (Å²) in [5.41, 5.74) is 6.43. The zero-order valence-corrected chi connectivity index (χ0v) is 11.2. The first kappa shape index (κ1) is 13.0. The Hall–Kier alpha value is -0.450. The zero-order chi connectivity index (χ0) is 12.3. The average molecular weight is 302 g/mol. The summed E-state index contributed by atoms with van der Waals surface area (Å²) >= 11 is 3.33. The van der Waals surface area contributed by atoms with E-state index in [4.69, 9.17) is 10.5 Å². The summed E-state index contributed by atoms with van der Waals surface area (Å²) in [6.07, 6.45) is 4.21. The van der Waals surface area contributed by atoms with Gasteiger partial charge in [-0.2, -0.15) is 0 Å². The monoisotopic (exact) mass is 301 g/mol. The van der Waals surface area contributed by atoms with Gasteiger partial charge >= 0.3 is 0 Å². The van der Waals surface area contributed by atoms with E-state index in [0.29, 0.717) is 18.2 Å². The molecule has 94 valence electrons. The van der Waals surface area contributed by atoms with Crippen LogP contribution in [0.2, 0.25) is 0 Å². The van der Waals surface area contributed by atoms with E-state index < -0.39 is 0 Å². The summed E-state index contributed by atoms with van der Waals surface area (Å²) < 4.78 is 20.1. The second kappa shape index (κ2) is 5.94. The van der Waals surface area contributed by atoms with Crippen molar-refractivity contribution in [2.45, 2.75) is 44.4 Å². The molecular weight excluding hydrogens is 285 g/mol. The number of halogens is 2. The van der Waals surface area contributed by atoms with Gasteiger partial charge in [-0.05, 0) is 43.9 Å². The Morgan fingerprint density at radius 1 is 1.29 bits per heavy atom. The standard InChI is InChI=1S/C13H17BrFNO/c14-10-1-6-13(15)9(7-10)8-17-12-4-2-11(16)3-5-12/h1,6-7,11-12H,2-5,8,16H2. The Kier molecular flexibility index (Phi) is 4.54. The van der Waals surface area contributed by atoms with Gasteiger partial charge in [-0.3, -0.25) is 0 Å². The molecule has 17 heavy (non-hydrogen) atoms. The van der Waals surface area contributed by atoms with Crippen molar-refractivity contribution in [3.63, 3.8) is 0 Å². The molecule has 1 saturated carbocycles. The lowest BCUT2D eigenvalue weighted by molar-refractivity contribution is 0.0125. The van der Waals surface area contributed by atoms with E-state index in [2.05, 4.69) is 15.9 Å². The molecule has 0 heterocycles. The molecule has 0 unspecified atom stereocenters. The van der Waals surface area contributed by atoms with Crippen molar-refractivity contribution in [1.29, 1.82) is 0 Å². The highest BCUT2D eigenvalue weighted by Crippen LogP contribution is 2.22. The fourth-order valence-corrected chi connectivity index (χ4v) is 2.53. The number of hydrogen-bond donors (Lipinski definition) is 1. The van der Waals surface area contributed by atoms with Crippen molar-refractivity contribution >= 4 is 15.9 Å². The number of nitrogens with two attached hydrogens (primary N) is 1. The van der Waals surface area contributed by atoms with Gasteiger partial charge in [0.05, 0.1) is 12.7 Å². The van der Waals surface area contributed by atoms with E-state index in [1.165, 1.54) is 6.07 Å². The molecule has 4 heteroatoms. The lowest BCUT2D eigenvalue weighted by atomic mass is 9.94. The minimum Gasteiger partial charge on any atom is -0.373 e. The maximum Gasteiger partial charge on any atom is 0.128 e. The Morgan fingerprint density at radius 3 is 2.71 bits per heavy atom. The molecule has 0 aromatic heterocycles. The minimum absolute atomic E-state index is 0.208. The predicted molar refractivity (Wildman–Crippen MR) is 69.1 cm³/mol. The van der Waals surface area contributed by atoms with Gasteiger partial charge in [-0.1, -0.05) is 15.9 Å². The van der Waals surface area contributed by atoms with E-state index in [9.17, 15) is 4.39 Å². The maximum absolute atomic E-state index is 13.5. The van der Waals surface area contributed by atoms with Crippen LogP contribution >= 0.6 is 15.9 Å². The van der Waals surface area contributed by atoms with E-state index in [-0.39, 0.29) is 11.9 Å². The number of benzene rings is 1. The lowest BCUT2D eigenvalue weighted by Gasteiger charge is -2.26. The van der Waals surface area contributed by atoms with Gasteiger partial charge in [0.1, 0.15) is 5.82 Å². The molecule has 2 N–H and O–H groups in total. The lowest BCUT2D eigenvalue weighted by Crippen LogP contribution is -2.30. The third-order valence-electron chi connectivity index (χ3n) is 3.20. The normalized spacial score (nSPS) is 24.9. The summed E-state index contributed by atoms with van der Waals surface area (Å²) in [5.74, 6) is -0.208. The largest absolute Gasteiger partial charge is 0.373 e. The Balaban J connectivity index is 1.87. The van der Waals surface area contributed by atoms with Gasteiger partial charge in [-0.15, -0.1) is 0 Å². The maximum atomic E-state index is 13.5. The smallest absolute Gasteiger partial charge is 0.128 e. The van der Waals surface area contributed by atoms with Gasteiger partial charge < -0.3 is 10.5 Å². The summed E-state index contributed by atoms with van der Waals surface area (Å²) in [4.78, 5) is 0. The van der Waals surface area contributed by atoms with Gasteiger partial charge in [0.25, 0.3) is 0 Å². The van der Waals surface area contributed by atoms with E-state index in [0.717, 1.165) is 30.2 Å². The van der Waals surface area contributed by atoms with Crippen LogP contribution in [0.5, 0.6) is 0 Å². The van der Waals surface area contributed by atoms with Crippen molar-refractivity contribution in [3.05, 3.63) is 34.1 Å². The van der Waals surface area contributed by atoms with Crippen LogP contribution in [0.1, 0.15) is 31.2 Å². The molecule has 1 aliphatic rings. The summed E-state index contributed by atoms with van der Waals surface area (Å²) in [5, 5.41) is 0. The summed E-state index contributed by atoms with van der Waals surface area (Å²) in [6.45, 7) is 0.338. The molecule has 1 aromatic rings. The van der Waals surface area contributed by atoms with Crippen LogP contribution in [0.4, 0.5) is 4.39 Å². The molecule has 1 aliphatic carbocycles. The third-order valence-corrected chi connectivity index (χ3v) is 3.69. The van der Waals surface area contributed by atoms with Gasteiger partial charge in [0.15, 0.2) is 0 Å². The van der Waals surface area contributed by atoms with Crippen LogP contribution in [0.25, 0.3) is 0 Å². The van der Waals surface area contributed by atoms with Crippen molar-refractivity contribution in [3.8, 4) is 0 Å². The first-order valence-electron chi connectivity index (χ1n) is 5.96. The fraction of sp³-hybridized carbons (Fsp3) is 0.538. The second-order valence-electron chi connectivity index (χ2n) is 4.58. The van der Waals surface area contributed by atoms with Crippen LogP contribution < -0.4 is 5.73 Å². The van der Waals surface area contributed by atoms with Crippen molar-refractivity contribution in [2.75, 3.05) is 0 Å². The van der Waals surface area contributed by atoms with Crippen molar-refractivity contribution in [2.24, 2.45) is 5.73 Å². The van der Waals surface area contributed by atoms with E-state index in [1.54, 1.807) is 12.1 Å². The van der Waals surface area contributed by atoms with Gasteiger partial charge in [0.2, 0.25) is 0 Å². The molecule has 0 atom stereocenters. The third kappa shape index (κ3) is 3.76. The highest BCUT2D eigenvalue weighted by molar-refractivity contribution is 9.10. The topological polar surface area (TPSA) is 35.2 Å². The first-order valence-corrected chi connectivity index (χ1v) is 6.75. The number of hydrogen-bond acceptors (Lipinski definition) is 2. The zero-order valence-electron chi connectivity index (χ0n) is 9.66. The van der Waals surface area contributed by atoms with Crippen molar-refractivity contribution in [1.82, 2.24) is 0 Å². The minimum atomic E-state index is -0.208. The molecule has 0 saturated heterocycles. The quantitative estimate of drug-likeness (QED) is 0.929. The predicted octanol–water partition coefficient (Wildman–Crippen LogP) is 3.37. The Labute approximate surface area is 109 Å². The molecule has 0 spiro atoms. The van der Waals surface area contributed by atoms with Crippen LogP contribution in [0.15, 0.2) is 22.7 Å². The van der Waals surface area contributed by atoms with Crippen LogP contribution in [-0.2, 0) is 11.3 Å². The Bertz CT molecular complexity index is 378. The van der Waals surface area contributed by atoms with E-state index in [1.807, 2.05) is 0 Å². The molecule has 0 radical (unpaired) electrons.